The molecule has 0 radical (unpaired) electrons. The number of ether oxygens (including phenoxy) is 1. The molecule has 0 N–H and O–H groups in total. The van der Waals surface area contributed by atoms with Crippen LogP contribution in [0.2, 0.25) is 0 Å². The molecule has 27 heavy (non-hydrogen) atoms. The van der Waals surface area contributed by atoms with Crippen molar-refractivity contribution in [1.82, 2.24) is 9.97 Å². The molecule has 4 nitrogen and oxygen atoms in total. The van der Waals surface area contributed by atoms with Crippen molar-refractivity contribution in [3.63, 3.8) is 0 Å². The molecule has 0 fully saturated rings. The van der Waals surface area contributed by atoms with Crippen molar-refractivity contribution in [3.8, 4) is 11.3 Å². The number of aromatic nitrogens is 2. The maximum atomic E-state index is 12.3. The average Bonchev–Trinajstić information content (AvgIpc) is 2.70. The lowest BCUT2D eigenvalue weighted by Gasteiger charge is -2.13. The average molecular weight is 369 g/mol. The normalized spacial score (nSPS) is 12.0. The highest BCUT2D eigenvalue weighted by molar-refractivity contribution is 5.90. The molecule has 0 saturated heterocycles. The second-order valence-electron chi connectivity index (χ2n) is 7.14. The Balaban J connectivity index is 1.89. The zero-order chi connectivity index (χ0) is 19.5. The highest BCUT2D eigenvalue weighted by Crippen LogP contribution is 2.18. The van der Waals surface area contributed by atoms with Crippen LogP contribution in [0.25, 0.3) is 11.3 Å². The topological polar surface area (TPSA) is 52.1 Å². The summed E-state index contributed by atoms with van der Waals surface area (Å²) in [7, 11) is 0. The van der Waals surface area contributed by atoms with E-state index in [-0.39, 0.29) is 12.1 Å². The summed E-state index contributed by atoms with van der Waals surface area (Å²) in [6.07, 6.45) is 12.5. The van der Waals surface area contributed by atoms with Gasteiger partial charge in [0.25, 0.3) is 0 Å². The zero-order valence-electron chi connectivity index (χ0n) is 16.9. The van der Waals surface area contributed by atoms with Crippen LogP contribution < -0.4 is 0 Å². The predicted octanol–water partition coefficient (Wildman–Crippen LogP) is 6.00. The van der Waals surface area contributed by atoms with Crippen molar-refractivity contribution < 1.29 is 9.53 Å². The third-order valence-electron chi connectivity index (χ3n) is 4.68. The van der Waals surface area contributed by atoms with E-state index in [1.165, 1.54) is 19.3 Å². The number of benzene rings is 1. The van der Waals surface area contributed by atoms with Crippen LogP contribution >= 0.6 is 0 Å². The largest absolute Gasteiger partial charge is 0.459 e. The monoisotopic (exact) mass is 368 g/mol. The molecular formula is C23H32N2O2. The van der Waals surface area contributed by atoms with Crippen molar-refractivity contribution >= 4 is 5.97 Å². The fourth-order valence-corrected chi connectivity index (χ4v) is 2.94. The van der Waals surface area contributed by atoms with E-state index in [2.05, 4.69) is 23.8 Å². The van der Waals surface area contributed by atoms with Crippen molar-refractivity contribution in [2.75, 3.05) is 0 Å². The second kappa shape index (κ2) is 11.5. The van der Waals surface area contributed by atoms with Gasteiger partial charge in [0.15, 0.2) is 0 Å². The molecule has 1 aromatic heterocycles. The van der Waals surface area contributed by atoms with E-state index >= 15 is 0 Å². The summed E-state index contributed by atoms with van der Waals surface area (Å²) in [5, 5.41) is 0. The molecule has 0 amide bonds. The van der Waals surface area contributed by atoms with Gasteiger partial charge in [-0.05, 0) is 44.7 Å². The van der Waals surface area contributed by atoms with Crippen LogP contribution in [0.1, 0.15) is 81.8 Å². The molecule has 4 heteroatoms. The molecule has 0 spiro atoms. The Hall–Kier alpha value is -2.23. The Morgan fingerprint density at radius 1 is 0.963 bits per heavy atom. The number of carbonyl (C=O) groups is 1. The maximum Gasteiger partial charge on any atom is 0.338 e. The smallest absolute Gasteiger partial charge is 0.338 e. The van der Waals surface area contributed by atoms with Gasteiger partial charge in [0, 0.05) is 11.8 Å². The number of esters is 1. The number of hydrogen-bond acceptors (Lipinski definition) is 4. The van der Waals surface area contributed by atoms with Crippen LogP contribution in [0.4, 0.5) is 0 Å². The van der Waals surface area contributed by atoms with E-state index in [0.717, 1.165) is 49.1 Å². The van der Waals surface area contributed by atoms with Crippen LogP contribution in [-0.4, -0.2) is 22.0 Å². The first-order valence-electron chi connectivity index (χ1n) is 10.3. The molecule has 1 atom stereocenters. The van der Waals surface area contributed by atoms with Gasteiger partial charge in [0.2, 0.25) is 0 Å². The number of rotatable bonds is 11. The van der Waals surface area contributed by atoms with E-state index in [1.807, 2.05) is 25.3 Å². The van der Waals surface area contributed by atoms with Crippen LogP contribution in [0, 0.1) is 0 Å². The van der Waals surface area contributed by atoms with Gasteiger partial charge in [-0.1, -0.05) is 51.7 Å². The van der Waals surface area contributed by atoms with Crippen molar-refractivity contribution in [2.45, 2.75) is 78.2 Å². The van der Waals surface area contributed by atoms with Gasteiger partial charge >= 0.3 is 5.97 Å². The SMILES string of the molecule is CCCCCC[C@@H](C)OC(=O)c1ccc(-c2cnc(CCCC)cn2)cc1. The Labute approximate surface area is 163 Å². The fraction of sp³-hybridized carbons (Fsp3) is 0.522. The van der Waals surface area contributed by atoms with Crippen LogP contribution in [0.15, 0.2) is 36.7 Å². The first kappa shape index (κ1) is 21.1. The zero-order valence-corrected chi connectivity index (χ0v) is 16.9. The molecule has 1 heterocycles. The summed E-state index contributed by atoms with van der Waals surface area (Å²) in [5.74, 6) is -0.259. The first-order valence-corrected chi connectivity index (χ1v) is 10.3. The number of carbonyl (C=O) groups excluding carboxylic acids is 1. The summed E-state index contributed by atoms with van der Waals surface area (Å²) in [4.78, 5) is 21.3. The molecule has 146 valence electrons. The quantitative estimate of drug-likeness (QED) is 0.360. The molecule has 0 aliphatic rings. The summed E-state index contributed by atoms with van der Waals surface area (Å²) in [6, 6.07) is 7.40. The third kappa shape index (κ3) is 7.12. The molecule has 2 rings (SSSR count). The summed E-state index contributed by atoms with van der Waals surface area (Å²) >= 11 is 0. The van der Waals surface area contributed by atoms with Crippen molar-refractivity contribution in [3.05, 3.63) is 47.9 Å². The summed E-state index contributed by atoms with van der Waals surface area (Å²) < 4.78 is 5.55. The van der Waals surface area contributed by atoms with Gasteiger partial charge in [0.05, 0.1) is 29.3 Å². The van der Waals surface area contributed by atoms with Crippen LogP contribution in [0.3, 0.4) is 0 Å². The molecular weight excluding hydrogens is 336 g/mol. The van der Waals surface area contributed by atoms with E-state index < -0.39 is 0 Å². The third-order valence-corrected chi connectivity index (χ3v) is 4.68. The fourth-order valence-electron chi connectivity index (χ4n) is 2.94. The number of hydrogen-bond donors (Lipinski definition) is 0. The molecule has 0 bridgehead atoms. The number of aryl methyl sites for hydroxylation is 1. The summed E-state index contributed by atoms with van der Waals surface area (Å²) in [6.45, 7) is 6.33. The van der Waals surface area contributed by atoms with Crippen LogP contribution in [-0.2, 0) is 11.2 Å². The number of unbranched alkanes of at least 4 members (excludes halogenated alkanes) is 4. The molecule has 0 saturated carbocycles. The van der Waals surface area contributed by atoms with E-state index in [4.69, 9.17) is 4.74 Å². The minimum Gasteiger partial charge on any atom is -0.459 e. The summed E-state index contributed by atoms with van der Waals surface area (Å²) in [5.41, 5.74) is 3.37. The first-order chi connectivity index (χ1) is 13.1. The standard InChI is InChI=1S/C23H32N2O2/c1-4-6-8-9-10-18(3)27-23(26)20-14-12-19(13-15-20)22-17-24-21(16-25-22)11-7-5-2/h12-18H,4-11H2,1-3H3/t18-/m1/s1. The molecule has 0 unspecified atom stereocenters. The van der Waals surface area contributed by atoms with E-state index in [1.54, 1.807) is 18.3 Å². The number of nitrogens with zero attached hydrogens (tertiary/aromatic N) is 2. The van der Waals surface area contributed by atoms with Gasteiger partial charge < -0.3 is 4.74 Å². The predicted molar refractivity (Wildman–Crippen MR) is 110 cm³/mol. The van der Waals surface area contributed by atoms with Gasteiger partial charge in [-0.15, -0.1) is 0 Å². The lowest BCUT2D eigenvalue weighted by molar-refractivity contribution is 0.0319. The Bertz CT molecular complexity index is 681. The van der Waals surface area contributed by atoms with Gasteiger partial charge in [-0.25, -0.2) is 4.79 Å². The lowest BCUT2D eigenvalue weighted by atomic mass is 10.1. The van der Waals surface area contributed by atoms with E-state index in [0.29, 0.717) is 5.56 Å². The van der Waals surface area contributed by atoms with Gasteiger partial charge in [0.1, 0.15) is 0 Å². The molecule has 0 aliphatic heterocycles. The maximum absolute atomic E-state index is 12.3. The Morgan fingerprint density at radius 2 is 1.70 bits per heavy atom. The minimum atomic E-state index is -0.259. The lowest BCUT2D eigenvalue weighted by Crippen LogP contribution is -2.15. The Morgan fingerprint density at radius 3 is 2.33 bits per heavy atom. The van der Waals surface area contributed by atoms with Gasteiger partial charge in [-0.2, -0.15) is 0 Å². The van der Waals surface area contributed by atoms with Crippen molar-refractivity contribution in [1.29, 1.82) is 0 Å². The minimum absolute atomic E-state index is 0.0458. The van der Waals surface area contributed by atoms with Gasteiger partial charge in [-0.3, -0.25) is 9.97 Å². The van der Waals surface area contributed by atoms with E-state index in [9.17, 15) is 4.79 Å². The van der Waals surface area contributed by atoms with Crippen LogP contribution in [0.5, 0.6) is 0 Å². The molecule has 1 aromatic carbocycles. The highest BCUT2D eigenvalue weighted by atomic mass is 16.5. The van der Waals surface area contributed by atoms with Crippen molar-refractivity contribution in [2.24, 2.45) is 0 Å². The Kier molecular flexibility index (Phi) is 8.96. The highest BCUT2D eigenvalue weighted by Gasteiger charge is 2.12. The molecule has 2 aromatic rings. The molecule has 0 aliphatic carbocycles. The second-order valence-corrected chi connectivity index (χ2v) is 7.14.